The number of aryl methyl sites for hydroxylation is 2. The smallest absolute Gasteiger partial charge is 0.0435 e. The van der Waals surface area contributed by atoms with Crippen molar-refractivity contribution in [3.05, 3.63) is 87.5 Å². The van der Waals surface area contributed by atoms with Crippen molar-refractivity contribution in [2.75, 3.05) is 0 Å². The van der Waals surface area contributed by atoms with Crippen LogP contribution in [0.25, 0.3) is 22.3 Å². The Bertz CT molecular complexity index is 1150. The summed E-state index contributed by atoms with van der Waals surface area (Å²) in [4.78, 5) is 8.45. The molecule has 4 aromatic rings. The van der Waals surface area contributed by atoms with Crippen LogP contribution in [0.4, 0.5) is 0 Å². The summed E-state index contributed by atoms with van der Waals surface area (Å²) in [5, 5.41) is 4.50. The standard InChI is InChI=1S/C22H14S4/c1-11-3-5-15(25-11)17-13-7-9-23-21(13)20-18(16-6-4-12(2)26-16)14-8-10-24-22(14)19(17)20/h3-10H,1-2H3. The van der Waals surface area contributed by atoms with Gasteiger partial charge in [0, 0.05) is 62.7 Å². The highest BCUT2D eigenvalue weighted by Crippen LogP contribution is 2.61. The predicted molar refractivity (Wildman–Crippen MR) is 119 cm³/mol. The minimum Gasteiger partial charge on any atom is -0.143 e. The Morgan fingerprint density at radius 3 is 1.38 bits per heavy atom. The van der Waals surface area contributed by atoms with E-state index in [0.29, 0.717) is 0 Å². The van der Waals surface area contributed by atoms with Gasteiger partial charge in [0.25, 0.3) is 0 Å². The molecule has 2 aliphatic carbocycles. The molecule has 0 bridgehead atoms. The van der Waals surface area contributed by atoms with E-state index in [0.717, 1.165) is 0 Å². The largest absolute Gasteiger partial charge is 0.143 e. The first-order chi connectivity index (χ1) is 12.7. The second-order valence-electron chi connectivity index (χ2n) is 6.65. The lowest BCUT2D eigenvalue weighted by Gasteiger charge is -2.03. The number of rotatable bonds is 2. The molecule has 2 aliphatic rings. The number of fused-ring (bicyclic) bond motifs is 5. The van der Waals surface area contributed by atoms with Crippen LogP contribution in [-0.4, -0.2) is 0 Å². The van der Waals surface area contributed by atoms with Crippen LogP contribution < -0.4 is 0 Å². The lowest BCUT2D eigenvalue weighted by Crippen LogP contribution is -1.84. The van der Waals surface area contributed by atoms with Gasteiger partial charge in [0.15, 0.2) is 0 Å². The first-order valence-electron chi connectivity index (χ1n) is 8.51. The number of allylic oxidation sites excluding steroid dienone is 2. The van der Waals surface area contributed by atoms with E-state index in [1.807, 2.05) is 45.3 Å². The molecule has 0 saturated carbocycles. The fourth-order valence-corrected chi connectivity index (χ4v) is 7.81. The summed E-state index contributed by atoms with van der Waals surface area (Å²) in [7, 11) is 0. The lowest BCUT2D eigenvalue weighted by atomic mass is 10.0. The maximum Gasteiger partial charge on any atom is 0.0435 e. The van der Waals surface area contributed by atoms with Crippen LogP contribution in [0, 0.1) is 13.8 Å². The van der Waals surface area contributed by atoms with Crippen molar-refractivity contribution in [2.24, 2.45) is 0 Å². The molecule has 0 aromatic carbocycles. The molecule has 6 rings (SSSR count). The molecule has 0 unspecified atom stereocenters. The summed E-state index contributed by atoms with van der Waals surface area (Å²) < 4.78 is 0. The quantitative estimate of drug-likeness (QED) is 0.318. The molecule has 4 heterocycles. The zero-order chi connectivity index (χ0) is 17.4. The van der Waals surface area contributed by atoms with Gasteiger partial charge >= 0.3 is 0 Å². The molecule has 126 valence electrons. The molecular weight excluding hydrogens is 393 g/mol. The third-order valence-corrected chi connectivity index (χ3v) is 8.95. The zero-order valence-corrected chi connectivity index (χ0v) is 17.5. The van der Waals surface area contributed by atoms with Gasteiger partial charge in [-0.15, -0.1) is 45.3 Å². The minimum atomic E-state index is 1.38. The van der Waals surface area contributed by atoms with E-state index < -0.39 is 0 Å². The van der Waals surface area contributed by atoms with Crippen LogP contribution in [0.2, 0.25) is 0 Å². The van der Waals surface area contributed by atoms with E-state index in [4.69, 9.17) is 0 Å². The van der Waals surface area contributed by atoms with Gasteiger partial charge in [0.05, 0.1) is 0 Å². The summed E-state index contributed by atoms with van der Waals surface area (Å²) in [5.41, 5.74) is 8.68. The fourth-order valence-electron chi connectivity index (χ4n) is 4.02. The van der Waals surface area contributed by atoms with E-state index in [-0.39, 0.29) is 0 Å². The molecule has 0 saturated heterocycles. The first-order valence-corrected chi connectivity index (χ1v) is 11.9. The van der Waals surface area contributed by atoms with Crippen LogP contribution in [-0.2, 0) is 0 Å². The Hall–Kier alpha value is -1.72. The molecule has 0 amide bonds. The Morgan fingerprint density at radius 1 is 0.538 bits per heavy atom. The molecule has 4 aromatic heterocycles. The maximum absolute atomic E-state index is 2.31. The highest BCUT2D eigenvalue weighted by molar-refractivity contribution is 7.16. The van der Waals surface area contributed by atoms with E-state index in [9.17, 15) is 0 Å². The summed E-state index contributed by atoms with van der Waals surface area (Å²) >= 11 is 7.60. The average Bonchev–Trinajstić information content (AvgIpc) is 3.37. The molecule has 0 spiro atoms. The van der Waals surface area contributed by atoms with Crippen LogP contribution in [0.5, 0.6) is 0 Å². The van der Waals surface area contributed by atoms with Crippen molar-refractivity contribution in [2.45, 2.75) is 13.8 Å². The molecular formula is C22H14S4. The Kier molecular flexibility index (Phi) is 3.19. The van der Waals surface area contributed by atoms with Gasteiger partial charge < -0.3 is 0 Å². The highest BCUT2D eigenvalue weighted by atomic mass is 32.1. The van der Waals surface area contributed by atoms with Gasteiger partial charge in [-0.25, -0.2) is 0 Å². The van der Waals surface area contributed by atoms with Crippen molar-refractivity contribution in [3.63, 3.8) is 0 Å². The molecule has 0 atom stereocenters. The molecule has 0 fully saturated rings. The van der Waals surface area contributed by atoms with Crippen LogP contribution >= 0.6 is 45.3 Å². The molecule has 0 N–H and O–H groups in total. The van der Waals surface area contributed by atoms with Gasteiger partial charge in [-0.1, -0.05) is 0 Å². The van der Waals surface area contributed by atoms with E-state index in [2.05, 4.69) is 61.0 Å². The SMILES string of the molecule is Cc1ccc(C2=C3C(=C(c4ccc(C)s4)c4ccsc43)c3sccc32)s1. The fraction of sp³-hybridized carbons (Fsp3) is 0.0909. The van der Waals surface area contributed by atoms with Crippen molar-refractivity contribution in [1.82, 2.24) is 0 Å². The monoisotopic (exact) mass is 406 g/mol. The van der Waals surface area contributed by atoms with Crippen molar-refractivity contribution >= 4 is 67.6 Å². The van der Waals surface area contributed by atoms with Crippen LogP contribution in [0.1, 0.15) is 40.4 Å². The minimum absolute atomic E-state index is 1.38. The highest BCUT2D eigenvalue weighted by Gasteiger charge is 2.39. The molecule has 0 nitrogen and oxygen atoms in total. The second-order valence-corrected chi connectivity index (χ2v) is 11.1. The molecule has 4 heteroatoms. The summed E-state index contributed by atoms with van der Waals surface area (Å²) in [6.45, 7) is 4.40. The van der Waals surface area contributed by atoms with Crippen LogP contribution in [0.15, 0.2) is 47.2 Å². The number of hydrogen-bond acceptors (Lipinski definition) is 4. The Balaban J connectivity index is 1.75. The van der Waals surface area contributed by atoms with Gasteiger partial charge in [-0.2, -0.15) is 0 Å². The Morgan fingerprint density at radius 2 is 1.00 bits per heavy atom. The van der Waals surface area contributed by atoms with Crippen molar-refractivity contribution in [1.29, 1.82) is 0 Å². The first kappa shape index (κ1) is 15.3. The summed E-state index contributed by atoms with van der Waals surface area (Å²) in [6, 6.07) is 13.7. The normalized spacial score (nSPS) is 15.0. The number of thiophene rings is 4. The van der Waals surface area contributed by atoms with Crippen molar-refractivity contribution < 1.29 is 0 Å². The topological polar surface area (TPSA) is 0 Å². The average molecular weight is 407 g/mol. The van der Waals surface area contributed by atoms with Crippen LogP contribution in [0.3, 0.4) is 0 Å². The van der Waals surface area contributed by atoms with Gasteiger partial charge in [0.1, 0.15) is 0 Å². The lowest BCUT2D eigenvalue weighted by molar-refractivity contribution is 1.64. The predicted octanol–water partition coefficient (Wildman–Crippen LogP) is 7.79. The molecule has 0 radical (unpaired) electrons. The maximum atomic E-state index is 2.31. The van der Waals surface area contributed by atoms with E-state index >= 15 is 0 Å². The van der Waals surface area contributed by atoms with E-state index in [1.54, 1.807) is 0 Å². The summed E-state index contributed by atoms with van der Waals surface area (Å²) in [5.74, 6) is 0. The Labute approximate surface area is 168 Å². The van der Waals surface area contributed by atoms with Gasteiger partial charge in [-0.05, 0) is 61.0 Å². The number of hydrogen-bond donors (Lipinski definition) is 0. The zero-order valence-electron chi connectivity index (χ0n) is 14.3. The van der Waals surface area contributed by atoms with Crippen molar-refractivity contribution in [3.8, 4) is 0 Å². The molecule has 0 aliphatic heterocycles. The van der Waals surface area contributed by atoms with Gasteiger partial charge in [0.2, 0.25) is 0 Å². The third kappa shape index (κ3) is 1.93. The van der Waals surface area contributed by atoms with Gasteiger partial charge in [-0.3, -0.25) is 0 Å². The molecule has 26 heavy (non-hydrogen) atoms. The second kappa shape index (κ2) is 5.40. The summed E-state index contributed by atoms with van der Waals surface area (Å²) in [6.07, 6.45) is 0. The third-order valence-electron chi connectivity index (χ3n) is 5.05. The van der Waals surface area contributed by atoms with E-state index in [1.165, 1.54) is 62.7 Å².